The summed E-state index contributed by atoms with van der Waals surface area (Å²) < 4.78 is 17.4. The molecule has 10 nitrogen and oxygen atoms in total. The minimum Gasteiger partial charge on any atom is -0.477 e. The van der Waals surface area contributed by atoms with Gasteiger partial charge in [-0.1, -0.05) is 14.9 Å². The molecule has 0 radical (unpaired) electrons. The third kappa shape index (κ3) is 6.79. The zero-order chi connectivity index (χ0) is 26.9. The molecule has 6 aliphatic carbocycles. The molecular formula is C26H35Br3N4O6. The van der Waals surface area contributed by atoms with Gasteiger partial charge in [0.05, 0.1) is 31.7 Å². The minimum absolute atomic E-state index is 0. The van der Waals surface area contributed by atoms with Crippen molar-refractivity contribution in [1.82, 2.24) is 19.9 Å². The molecule has 0 atom stereocenters. The number of hydrogen-bond donors (Lipinski definition) is 1. The van der Waals surface area contributed by atoms with Crippen molar-refractivity contribution in [1.29, 1.82) is 0 Å². The number of carbonyl (C=O) groups is 2. The lowest BCUT2D eigenvalue weighted by Crippen LogP contribution is -2.67. The van der Waals surface area contributed by atoms with E-state index >= 15 is 0 Å². The summed E-state index contributed by atoms with van der Waals surface area (Å²) in [6.45, 7) is 0.834. The average Bonchev–Trinajstić information content (AvgIpc) is 2.76. The summed E-state index contributed by atoms with van der Waals surface area (Å²) in [5, 5.41) is 8.90. The second kappa shape index (κ2) is 12.9. The maximum absolute atomic E-state index is 11.5. The van der Waals surface area contributed by atoms with Gasteiger partial charge in [0.25, 0.3) is 0 Å². The molecule has 2 aromatic rings. The molecule has 0 saturated heterocycles. The Kier molecular flexibility index (Phi) is 11.1. The molecule has 6 aliphatic rings. The molecule has 6 saturated carbocycles. The zero-order valence-electron chi connectivity index (χ0n) is 20.4. The van der Waals surface area contributed by atoms with Crippen molar-refractivity contribution in [3.05, 3.63) is 38.6 Å². The van der Waals surface area contributed by atoms with Crippen LogP contribution in [0.15, 0.2) is 38.6 Å². The fourth-order valence-corrected chi connectivity index (χ4v) is 7.33. The molecule has 39 heavy (non-hydrogen) atoms. The molecule has 6 fully saturated rings. The van der Waals surface area contributed by atoms with Crippen molar-refractivity contribution in [2.45, 2.75) is 53.4 Å². The van der Waals surface area contributed by atoms with Crippen LogP contribution in [0.25, 0.3) is 0 Å². The number of nitrogens with zero attached hydrogens (tertiary/aromatic N) is 4. The number of methoxy groups -OCH3 is 2. The van der Waals surface area contributed by atoms with Gasteiger partial charge in [-0.05, 0) is 91.7 Å². The Bertz CT molecular complexity index is 1130. The second-order valence-corrected chi connectivity index (χ2v) is 12.8. The number of carbonyl (C=O) groups excluding carboxylic acids is 2. The fraction of sp³-hybridized carbons (Fsp3) is 0.615. The summed E-state index contributed by atoms with van der Waals surface area (Å²) in [4.78, 5) is 38.2. The molecule has 0 aromatic carbocycles. The Morgan fingerprint density at radius 3 is 1.54 bits per heavy atom. The van der Waals surface area contributed by atoms with E-state index in [2.05, 4.69) is 72.5 Å². The van der Waals surface area contributed by atoms with E-state index in [1.165, 1.54) is 26.9 Å². The highest BCUT2D eigenvalue weighted by Crippen LogP contribution is 2.74. The first kappa shape index (κ1) is 33.5. The van der Waals surface area contributed by atoms with Crippen LogP contribution < -0.4 is 4.74 Å². The Morgan fingerprint density at radius 1 is 0.769 bits per heavy atom. The molecule has 0 spiro atoms. The quantitative estimate of drug-likeness (QED) is 0.297. The lowest BCUT2D eigenvalue weighted by Gasteiger charge is -2.67. The molecule has 0 aliphatic heterocycles. The van der Waals surface area contributed by atoms with Crippen molar-refractivity contribution >= 4 is 59.7 Å². The molecular weight excluding hydrogens is 704 g/mol. The normalized spacial score (nSPS) is 29.6. The molecule has 0 unspecified atom stereocenters. The summed E-state index contributed by atoms with van der Waals surface area (Å²) in [5.41, 5.74) is -0.123. The molecule has 4 bridgehead atoms. The largest absolute Gasteiger partial charge is 0.477 e. The van der Waals surface area contributed by atoms with Crippen LogP contribution in [0.1, 0.15) is 53.4 Å². The monoisotopic (exact) mass is 736 g/mol. The number of halogens is 3. The standard InChI is InChI=1S/C12H13BrN2O3.C8H12O3.C4H2Br2N2.2CH4/c1-17-10(16)12-3-11(4-12,5-12)6-18-9-2-8(13)14-7-15-9;1-11-6(10)8-2-7(3-8,4-8)5-9;5-3-1-4(6)8-2-7-3;;/h2,7H,3-6H2,1H3;9H,2-5H2,1H3;1-2H;2*1H4. The molecule has 0 amide bonds. The van der Waals surface area contributed by atoms with Crippen LogP contribution in [-0.2, 0) is 19.1 Å². The highest BCUT2D eigenvalue weighted by Gasteiger charge is 2.73. The number of aliphatic hydroxyl groups is 1. The summed E-state index contributed by atoms with van der Waals surface area (Å²) in [7, 11) is 2.87. The summed E-state index contributed by atoms with van der Waals surface area (Å²) >= 11 is 9.63. The van der Waals surface area contributed by atoms with Gasteiger partial charge in [-0.15, -0.1) is 0 Å². The number of hydrogen-bond acceptors (Lipinski definition) is 10. The Morgan fingerprint density at radius 2 is 1.18 bits per heavy atom. The van der Waals surface area contributed by atoms with Gasteiger partial charge >= 0.3 is 11.9 Å². The van der Waals surface area contributed by atoms with E-state index in [4.69, 9.17) is 14.6 Å². The van der Waals surface area contributed by atoms with E-state index in [-0.39, 0.29) is 55.1 Å². The van der Waals surface area contributed by atoms with Crippen LogP contribution in [0.3, 0.4) is 0 Å². The third-order valence-corrected chi connectivity index (χ3v) is 8.89. The average molecular weight is 739 g/mol. The van der Waals surface area contributed by atoms with Crippen molar-refractivity contribution in [2.24, 2.45) is 21.7 Å². The molecule has 2 aromatic heterocycles. The maximum Gasteiger partial charge on any atom is 0.311 e. The topological polar surface area (TPSA) is 134 Å². The van der Waals surface area contributed by atoms with Crippen LogP contribution in [-0.4, -0.2) is 64.4 Å². The van der Waals surface area contributed by atoms with Crippen LogP contribution in [0.2, 0.25) is 0 Å². The van der Waals surface area contributed by atoms with E-state index in [9.17, 15) is 9.59 Å². The van der Waals surface area contributed by atoms with Gasteiger partial charge in [-0.25, -0.2) is 19.9 Å². The number of ether oxygens (including phenoxy) is 3. The van der Waals surface area contributed by atoms with E-state index in [0.29, 0.717) is 17.1 Å². The second-order valence-electron chi connectivity index (χ2n) is 10.4. The highest BCUT2D eigenvalue weighted by molar-refractivity contribution is 9.11. The maximum atomic E-state index is 11.5. The predicted molar refractivity (Wildman–Crippen MR) is 155 cm³/mol. The number of esters is 2. The van der Waals surface area contributed by atoms with Crippen molar-refractivity contribution in [2.75, 3.05) is 27.4 Å². The zero-order valence-corrected chi connectivity index (χ0v) is 25.1. The van der Waals surface area contributed by atoms with Crippen LogP contribution in [0.5, 0.6) is 5.88 Å². The fourth-order valence-electron chi connectivity index (χ4n) is 6.12. The Hall–Kier alpha value is -1.70. The third-order valence-electron chi connectivity index (χ3n) is 7.59. The van der Waals surface area contributed by atoms with Gasteiger partial charge in [-0.2, -0.15) is 0 Å². The Balaban J connectivity index is 0.000000219. The van der Waals surface area contributed by atoms with Gasteiger partial charge in [0.15, 0.2) is 0 Å². The van der Waals surface area contributed by atoms with Gasteiger partial charge in [-0.3, -0.25) is 9.59 Å². The van der Waals surface area contributed by atoms with Crippen molar-refractivity contribution in [3.8, 4) is 5.88 Å². The lowest BCUT2D eigenvalue weighted by atomic mass is 9.35. The van der Waals surface area contributed by atoms with Gasteiger partial charge in [0.2, 0.25) is 5.88 Å². The van der Waals surface area contributed by atoms with Crippen molar-refractivity contribution < 1.29 is 28.9 Å². The van der Waals surface area contributed by atoms with Gasteiger partial charge < -0.3 is 19.3 Å². The molecule has 216 valence electrons. The van der Waals surface area contributed by atoms with E-state index in [0.717, 1.165) is 47.7 Å². The van der Waals surface area contributed by atoms with Crippen molar-refractivity contribution in [3.63, 3.8) is 0 Å². The van der Waals surface area contributed by atoms with E-state index < -0.39 is 0 Å². The summed E-state index contributed by atoms with van der Waals surface area (Å²) in [5.74, 6) is 0.399. The number of aliphatic hydroxyl groups excluding tert-OH is 1. The minimum atomic E-state index is -0.204. The summed E-state index contributed by atoms with van der Waals surface area (Å²) in [6, 6.07) is 3.52. The number of rotatable bonds is 6. The molecule has 1 N–H and O–H groups in total. The Labute approximate surface area is 254 Å². The highest BCUT2D eigenvalue weighted by atomic mass is 79.9. The lowest BCUT2D eigenvalue weighted by molar-refractivity contribution is -0.236. The smallest absolute Gasteiger partial charge is 0.311 e. The summed E-state index contributed by atoms with van der Waals surface area (Å²) in [6.07, 6.45) is 8.07. The van der Waals surface area contributed by atoms with Crippen LogP contribution in [0, 0.1) is 21.7 Å². The SMILES string of the molecule is Brc1cc(Br)ncn1.C.C.COC(=O)C12CC(CO)(C1)C2.COC(=O)C12CC(COc3cc(Br)ncn3)(C1)C2. The molecule has 13 heteroatoms. The van der Waals surface area contributed by atoms with E-state index in [1.807, 2.05) is 0 Å². The molecule has 2 heterocycles. The first-order valence-electron chi connectivity index (χ1n) is 11.5. The van der Waals surface area contributed by atoms with Crippen LogP contribution >= 0.6 is 47.8 Å². The number of aromatic nitrogens is 4. The van der Waals surface area contributed by atoms with Gasteiger partial charge in [0.1, 0.15) is 26.5 Å². The van der Waals surface area contributed by atoms with E-state index in [1.54, 1.807) is 12.1 Å². The first-order valence-corrected chi connectivity index (χ1v) is 13.9. The first-order chi connectivity index (χ1) is 17.5. The van der Waals surface area contributed by atoms with Crippen LogP contribution in [0.4, 0.5) is 0 Å². The van der Waals surface area contributed by atoms with Gasteiger partial charge in [0, 0.05) is 24.2 Å². The molecule has 8 rings (SSSR count). The predicted octanol–water partition coefficient (Wildman–Crippen LogP) is 5.56.